The molecule has 1 saturated carbocycles. The summed E-state index contributed by atoms with van der Waals surface area (Å²) in [7, 11) is 4.17. The van der Waals surface area contributed by atoms with Crippen LogP contribution in [0, 0.1) is 0 Å². The van der Waals surface area contributed by atoms with Crippen molar-refractivity contribution in [2.24, 2.45) is 7.05 Å². The molecule has 0 amide bonds. The molecule has 1 atom stereocenters. The lowest BCUT2D eigenvalue weighted by Crippen LogP contribution is -2.35. The Morgan fingerprint density at radius 2 is 2.09 bits per heavy atom. The number of aryl methyl sites for hydroxylation is 1. The van der Waals surface area contributed by atoms with Gasteiger partial charge < -0.3 is 4.90 Å². The van der Waals surface area contributed by atoms with Crippen LogP contribution in [0.2, 0.25) is 0 Å². The maximum absolute atomic E-state index is 4.78. The first-order valence-electron chi connectivity index (χ1n) is 8.45. The summed E-state index contributed by atoms with van der Waals surface area (Å²) in [5, 5.41) is 4.26. The van der Waals surface area contributed by atoms with Crippen LogP contribution in [0.25, 0.3) is 0 Å². The Morgan fingerprint density at radius 3 is 2.83 bits per heavy atom. The normalized spacial score (nSPS) is 21.7. The first-order chi connectivity index (χ1) is 11.2. The molecule has 0 radical (unpaired) electrons. The molecule has 2 aromatic heterocycles. The number of rotatable bonds is 5. The molecule has 6 nitrogen and oxygen atoms in total. The lowest BCUT2D eigenvalue weighted by atomic mass is 10.2. The number of hydrogen-bond donors (Lipinski definition) is 0. The summed E-state index contributed by atoms with van der Waals surface area (Å²) in [6.45, 7) is 3.17. The molecule has 1 unspecified atom stereocenters. The fraction of sp³-hybridized carbons (Fsp3) is 0.588. The lowest BCUT2D eigenvalue weighted by Gasteiger charge is -2.26. The van der Waals surface area contributed by atoms with E-state index in [0.29, 0.717) is 12.0 Å². The molecule has 1 saturated heterocycles. The fourth-order valence-electron chi connectivity index (χ4n) is 3.34. The zero-order valence-electron chi connectivity index (χ0n) is 13.9. The summed E-state index contributed by atoms with van der Waals surface area (Å²) in [5.41, 5.74) is 1.27. The van der Waals surface area contributed by atoms with Crippen LogP contribution in [0.15, 0.2) is 24.5 Å². The van der Waals surface area contributed by atoms with Gasteiger partial charge in [0.05, 0.1) is 5.69 Å². The van der Waals surface area contributed by atoms with E-state index in [2.05, 4.69) is 33.0 Å². The maximum Gasteiger partial charge on any atom is 0.133 e. The standard InChI is InChI=1S/C17H24N6/c1-21(16-6-8-18-17(20-16)13-3-4-13)14-7-10-23(11-14)12-15-5-9-19-22(15)2/h5-6,8-9,13-14H,3-4,7,10-12H2,1-2H3. The predicted molar refractivity (Wildman–Crippen MR) is 89.3 cm³/mol. The van der Waals surface area contributed by atoms with Crippen LogP contribution in [-0.2, 0) is 13.6 Å². The first kappa shape index (κ1) is 14.6. The molecule has 2 aromatic rings. The highest BCUT2D eigenvalue weighted by molar-refractivity contribution is 5.39. The van der Waals surface area contributed by atoms with E-state index in [9.17, 15) is 0 Å². The van der Waals surface area contributed by atoms with Crippen molar-refractivity contribution in [1.29, 1.82) is 0 Å². The van der Waals surface area contributed by atoms with Crippen LogP contribution in [0.3, 0.4) is 0 Å². The SMILES string of the molecule is CN(c1ccnc(C2CC2)n1)C1CCN(Cc2ccnn2C)C1. The minimum Gasteiger partial charge on any atom is -0.355 e. The molecular weight excluding hydrogens is 288 g/mol. The van der Waals surface area contributed by atoms with Crippen LogP contribution in [-0.4, -0.2) is 50.8 Å². The summed E-state index contributed by atoms with van der Waals surface area (Å²) in [6.07, 6.45) is 7.45. The highest BCUT2D eigenvalue weighted by Crippen LogP contribution is 2.38. The Balaban J connectivity index is 1.40. The summed E-state index contributed by atoms with van der Waals surface area (Å²) >= 11 is 0. The van der Waals surface area contributed by atoms with Gasteiger partial charge in [-0.3, -0.25) is 9.58 Å². The van der Waals surface area contributed by atoms with E-state index < -0.39 is 0 Å². The van der Waals surface area contributed by atoms with Crippen LogP contribution < -0.4 is 4.90 Å². The Bertz CT molecular complexity index is 677. The summed E-state index contributed by atoms with van der Waals surface area (Å²) in [6, 6.07) is 4.66. The van der Waals surface area contributed by atoms with Gasteiger partial charge in [0.25, 0.3) is 0 Å². The number of likely N-dealkylation sites (tertiary alicyclic amines) is 1. The van der Waals surface area contributed by atoms with Gasteiger partial charge in [-0.2, -0.15) is 5.10 Å². The topological polar surface area (TPSA) is 50.1 Å². The van der Waals surface area contributed by atoms with Crippen LogP contribution in [0.5, 0.6) is 0 Å². The first-order valence-corrected chi connectivity index (χ1v) is 8.45. The van der Waals surface area contributed by atoms with Gasteiger partial charge in [0.15, 0.2) is 0 Å². The smallest absolute Gasteiger partial charge is 0.133 e. The highest BCUT2D eigenvalue weighted by atomic mass is 15.3. The molecule has 6 heteroatoms. The highest BCUT2D eigenvalue weighted by Gasteiger charge is 2.29. The van der Waals surface area contributed by atoms with Gasteiger partial charge >= 0.3 is 0 Å². The number of nitrogens with zero attached hydrogens (tertiary/aromatic N) is 6. The van der Waals surface area contributed by atoms with Gasteiger partial charge in [-0.1, -0.05) is 0 Å². The second-order valence-corrected chi connectivity index (χ2v) is 6.78. The Labute approximate surface area is 137 Å². The second-order valence-electron chi connectivity index (χ2n) is 6.78. The lowest BCUT2D eigenvalue weighted by molar-refractivity contribution is 0.316. The van der Waals surface area contributed by atoms with Crippen molar-refractivity contribution in [3.05, 3.63) is 36.0 Å². The van der Waals surface area contributed by atoms with E-state index in [1.807, 2.05) is 30.2 Å². The summed E-state index contributed by atoms with van der Waals surface area (Å²) < 4.78 is 1.96. The summed E-state index contributed by atoms with van der Waals surface area (Å²) in [4.78, 5) is 14.0. The second kappa shape index (κ2) is 5.92. The maximum atomic E-state index is 4.78. The average Bonchev–Trinajstić information content (AvgIpc) is 3.20. The zero-order valence-corrected chi connectivity index (χ0v) is 13.9. The van der Waals surface area contributed by atoms with E-state index in [1.54, 1.807) is 0 Å². The van der Waals surface area contributed by atoms with Crippen LogP contribution in [0.4, 0.5) is 5.82 Å². The number of hydrogen-bond acceptors (Lipinski definition) is 5. The third-order valence-electron chi connectivity index (χ3n) is 5.07. The summed E-state index contributed by atoms with van der Waals surface area (Å²) in [5.74, 6) is 2.70. The van der Waals surface area contributed by atoms with Crippen molar-refractivity contribution in [1.82, 2.24) is 24.6 Å². The van der Waals surface area contributed by atoms with Gasteiger partial charge in [0.2, 0.25) is 0 Å². The molecule has 4 rings (SSSR count). The van der Waals surface area contributed by atoms with E-state index in [1.165, 1.54) is 25.0 Å². The molecule has 1 aliphatic carbocycles. The van der Waals surface area contributed by atoms with Crippen molar-refractivity contribution in [3.8, 4) is 0 Å². The largest absolute Gasteiger partial charge is 0.355 e. The average molecular weight is 312 g/mol. The third kappa shape index (κ3) is 3.08. The molecular formula is C17H24N6. The van der Waals surface area contributed by atoms with Crippen molar-refractivity contribution in [2.45, 2.75) is 37.8 Å². The minimum absolute atomic E-state index is 0.519. The van der Waals surface area contributed by atoms with E-state index in [-0.39, 0.29) is 0 Å². The monoisotopic (exact) mass is 312 g/mol. The van der Waals surface area contributed by atoms with E-state index in [0.717, 1.165) is 31.3 Å². The van der Waals surface area contributed by atoms with Gasteiger partial charge in [-0.05, 0) is 31.4 Å². The van der Waals surface area contributed by atoms with Crippen molar-refractivity contribution >= 4 is 5.82 Å². The van der Waals surface area contributed by atoms with Crippen LogP contribution in [0.1, 0.15) is 36.7 Å². The molecule has 0 bridgehead atoms. The molecule has 0 aromatic carbocycles. The molecule has 3 heterocycles. The van der Waals surface area contributed by atoms with E-state index >= 15 is 0 Å². The molecule has 0 N–H and O–H groups in total. The Morgan fingerprint density at radius 1 is 1.22 bits per heavy atom. The molecule has 0 spiro atoms. The van der Waals surface area contributed by atoms with Crippen LogP contribution >= 0.6 is 0 Å². The Hall–Kier alpha value is -1.95. The zero-order chi connectivity index (χ0) is 15.8. The van der Waals surface area contributed by atoms with Gasteiger partial charge in [0, 0.05) is 58.1 Å². The van der Waals surface area contributed by atoms with Crippen molar-refractivity contribution in [2.75, 3.05) is 25.0 Å². The van der Waals surface area contributed by atoms with Gasteiger partial charge in [-0.15, -0.1) is 0 Å². The minimum atomic E-state index is 0.519. The number of aromatic nitrogens is 4. The molecule has 122 valence electrons. The van der Waals surface area contributed by atoms with Gasteiger partial charge in [0.1, 0.15) is 11.6 Å². The number of anilines is 1. The van der Waals surface area contributed by atoms with Gasteiger partial charge in [-0.25, -0.2) is 9.97 Å². The predicted octanol–water partition coefficient (Wildman–Crippen LogP) is 1.80. The molecule has 23 heavy (non-hydrogen) atoms. The number of likely N-dealkylation sites (N-methyl/N-ethyl adjacent to an activating group) is 1. The Kier molecular flexibility index (Phi) is 3.77. The quantitative estimate of drug-likeness (QED) is 0.842. The van der Waals surface area contributed by atoms with Crippen molar-refractivity contribution in [3.63, 3.8) is 0 Å². The van der Waals surface area contributed by atoms with E-state index in [4.69, 9.17) is 4.98 Å². The third-order valence-corrected chi connectivity index (χ3v) is 5.07. The molecule has 2 fully saturated rings. The molecule has 2 aliphatic rings. The van der Waals surface area contributed by atoms with Crippen molar-refractivity contribution < 1.29 is 0 Å². The molecule has 1 aliphatic heterocycles. The fourth-order valence-corrected chi connectivity index (χ4v) is 3.34.